The van der Waals surface area contributed by atoms with E-state index in [0.717, 1.165) is 18.8 Å². The van der Waals surface area contributed by atoms with Crippen LogP contribution in [-0.2, 0) is 0 Å². The second kappa shape index (κ2) is 7.68. The maximum atomic E-state index is 12.5. The minimum absolute atomic E-state index is 0.144. The Labute approximate surface area is 150 Å². The Hall–Kier alpha value is -2.05. The lowest BCUT2D eigenvalue weighted by Gasteiger charge is -2.22. The Bertz CT molecular complexity index is 713. The third-order valence-electron chi connectivity index (χ3n) is 3.84. The average Bonchev–Trinajstić information content (AvgIpc) is 2.85. The van der Waals surface area contributed by atoms with Gasteiger partial charge in [0.15, 0.2) is 5.82 Å². The highest BCUT2D eigenvalue weighted by atomic mass is 35.5. The highest BCUT2D eigenvalue weighted by Crippen LogP contribution is 2.25. The van der Waals surface area contributed by atoms with Crippen molar-refractivity contribution < 1.29 is 4.79 Å². The number of halogens is 2. The predicted octanol–water partition coefficient (Wildman–Crippen LogP) is 3.53. The van der Waals surface area contributed by atoms with Gasteiger partial charge in [0.2, 0.25) is 0 Å². The summed E-state index contributed by atoms with van der Waals surface area (Å²) in [5.74, 6) is 0.837. The van der Waals surface area contributed by atoms with Crippen molar-refractivity contribution in [2.45, 2.75) is 6.42 Å². The van der Waals surface area contributed by atoms with Crippen LogP contribution < -0.4 is 10.2 Å². The summed E-state index contributed by atoms with van der Waals surface area (Å²) in [5.41, 5.74) is 0.629. The number of hydrogen-bond acceptors (Lipinski definition) is 4. The Kier molecular flexibility index (Phi) is 5.37. The van der Waals surface area contributed by atoms with Crippen molar-refractivity contribution in [1.82, 2.24) is 15.1 Å². The van der Waals surface area contributed by atoms with Crippen molar-refractivity contribution in [3.63, 3.8) is 0 Å². The van der Waals surface area contributed by atoms with Crippen LogP contribution in [0.2, 0.25) is 10.0 Å². The van der Waals surface area contributed by atoms with Crippen molar-refractivity contribution in [3.8, 4) is 0 Å². The first kappa shape index (κ1) is 16.8. The Morgan fingerprint density at radius 1 is 1.08 bits per heavy atom. The maximum absolute atomic E-state index is 12.5. The first-order valence-corrected chi connectivity index (χ1v) is 8.43. The molecule has 1 aromatic carbocycles. The summed E-state index contributed by atoms with van der Waals surface area (Å²) >= 11 is 11.9. The van der Waals surface area contributed by atoms with Crippen molar-refractivity contribution in [2.24, 2.45) is 0 Å². The zero-order valence-corrected chi connectivity index (χ0v) is 14.5. The molecule has 24 heavy (non-hydrogen) atoms. The molecule has 2 heterocycles. The molecule has 3 rings (SSSR count). The summed E-state index contributed by atoms with van der Waals surface area (Å²) in [6.45, 7) is 2.86. The van der Waals surface area contributed by atoms with Crippen molar-refractivity contribution in [2.75, 3.05) is 36.4 Å². The highest BCUT2D eigenvalue weighted by molar-refractivity contribution is 6.42. The molecule has 0 unspecified atom stereocenters. The molecular weight excluding hydrogens is 349 g/mol. The van der Waals surface area contributed by atoms with Crippen molar-refractivity contribution in [3.05, 3.63) is 46.6 Å². The zero-order chi connectivity index (χ0) is 16.9. The van der Waals surface area contributed by atoms with Gasteiger partial charge in [-0.25, -0.2) is 4.79 Å². The standard InChI is InChI=1S/C16H17Cl2N5O/c17-13-5-4-12(11-14(13)18)20-16(24)23-8-2-7-22(9-10-23)15-3-1-6-19-21-15/h1,3-6,11H,2,7-10H2,(H,20,24). The highest BCUT2D eigenvalue weighted by Gasteiger charge is 2.20. The van der Waals surface area contributed by atoms with Gasteiger partial charge in [0.25, 0.3) is 0 Å². The van der Waals surface area contributed by atoms with Crippen LogP contribution in [0, 0.1) is 0 Å². The number of rotatable bonds is 2. The summed E-state index contributed by atoms with van der Waals surface area (Å²) in [4.78, 5) is 16.4. The normalized spacial score (nSPS) is 15.1. The van der Waals surface area contributed by atoms with Crippen LogP contribution in [0.1, 0.15) is 6.42 Å². The molecule has 0 atom stereocenters. The lowest BCUT2D eigenvalue weighted by atomic mass is 10.3. The largest absolute Gasteiger partial charge is 0.353 e. The van der Waals surface area contributed by atoms with E-state index in [-0.39, 0.29) is 6.03 Å². The molecular formula is C16H17Cl2N5O. The summed E-state index contributed by atoms with van der Waals surface area (Å²) in [5, 5.41) is 11.8. The molecule has 0 radical (unpaired) electrons. The van der Waals surface area contributed by atoms with E-state index in [9.17, 15) is 4.79 Å². The molecule has 2 amide bonds. The third kappa shape index (κ3) is 4.07. The van der Waals surface area contributed by atoms with Crippen LogP contribution in [0.25, 0.3) is 0 Å². The van der Waals surface area contributed by atoms with Gasteiger partial charge < -0.3 is 15.1 Å². The number of carbonyl (C=O) groups excluding carboxylic acids is 1. The topological polar surface area (TPSA) is 61.4 Å². The van der Waals surface area contributed by atoms with Gasteiger partial charge in [0, 0.05) is 38.1 Å². The number of benzene rings is 1. The van der Waals surface area contributed by atoms with E-state index < -0.39 is 0 Å². The SMILES string of the molecule is O=C(Nc1ccc(Cl)c(Cl)c1)N1CCCN(c2cccnn2)CC1. The fraction of sp³-hybridized carbons (Fsp3) is 0.312. The van der Waals surface area contributed by atoms with Gasteiger partial charge in [0.05, 0.1) is 10.0 Å². The summed E-state index contributed by atoms with van der Waals surface area (Å²) < 4.78 is 0. The molecule has 1 fully saturated rings. The Balaban J connectivity index is 1.61. The molecule has 0 bridgehead atoms. The van der Waals surface area contributed by atoms with Gasteiger partial charge in [-0.3, -0.25) is 0 Å². The number of nitrogens with zero attached hydrogens (tertiary/aromatic N) is 4. The lowest BCUT2D eigenvalue weighted by molar-refractivity contribution is 0.215. The Morgan fingerprint density at radius 3 is 2.71 bits per heavy atom. The molecule has 1 N–H and O–H groups in total. The van der Waals surface area contributed by atoms with E-state index in [4.69, 9.17) is 23.2 Å². The molecule has 1 saturated heterocycles. The number of carbonyl (C=O) groups is 1. The van der Waals surface area contributed by atoms with Crippen LogP contribution in [0.4, 0.5) is 16.3 Å². The van der Waals surface area contributed by atoms with Gasteiger partial charge in [-0.1, -0.05) is 23.2 Å². The number of hydrogen-bond donors (Lipinski definition) is 1. The van der Waals surface area contributed by atoms with Crippen LogP contribution in [0.5, 0.6) is 0 Å². The second-order valence-corrected chi connectivity index (χ2v) is 6.28. The van der Waals surface area contributed by atoms with Gasteiger partial charge in [-0.2, -0.15) is 5.10 Å². The van der Waals surface area contributed by atoms with Crippen LogP contribution in [0.15, 0.2) is 36.5 Å². The van der Waals surface area contributed by atoms with Gasteiger partial charge in [-0.15, -0.1) is 5.10 Å². The Morgan fingerprint density at radius 2 is 1.96 bits per heavy atom. The predicted molar refractivity (Wildman–Crippen MR) is 95.9 cm³/mol. The molecule has 0 saturated carbocycles. The first-order valence-electron chi connectivity index (χ1n) is 7.67. The van der Waals surface area contributed by atoms with E-state index in [1.165, 1.54) is 0 Å². The molecule has 0 spiro atoms. The van der Waals surface area contributed by atoms with Crippen LogP contribution in [0.3, 0.4) is 0 Å². The van der Waals surface area contributed by atoms with E-state index in [0.29, 0.717) is 35.4 Å². The van der Waals surface area contributed by atoms with Crippen molar-refractivity contribution >= 4 is 40.7 Å². The average molecular weight is 366 g/mol. The quantitative estimate of drug-likeness (QED) is 0.883. The van der Waals surface area contributed by atoms with Gasteiger partial charge in [0.1, 0.15) is 0 Å². The molecule has 2 aromatic rings. The zero-order valence-electron chi connectivity index (χ0n) is 13.0. The summed E-state index contributed by atoms with van der Waals surface area (Å²) in [6.07, 6.45) is 2.52. The molecule has 126 valence electrons. The summed E-state index contributed by atoms with van der Waals surface area (Å²) in [6, 6.07) is 8.69. The van der Waals surface area contributed by atoms with E-state index in [2.05, 4.69) is 20.4 Å². The minimum atomic E-state index is -0.144. The molecule has 0 aliphatic carbocycles. The number of aromatic nitrogens is 2. The number of nitrogens with one attached hydrogen (secondary N) is 1. The monoisotopic (exact) mass is 365 g/mol. The number of amides is 2. The van der Waals surface area contributed by atoms with Crippen molar-refractivity contribution in [1.29, 1.82) is 0 Å². The first-order chi connectivity index (χ1) is 11.6. The fourth-order valence-electron chi connectivity index (χ4n) is 2.59. The molecule has 1 aliphatic heterocycles. The number of anilines is 2. The maximum Gasteiger partial charge on any atom is 0.321 e. The minimum Gasteiger partial charge on any atom is -0.353 e. The molecule has 8 heteroatoms. The third-order valence-corrected chi connectivity index (χ3v) is 4.58. The fourth-order valence-corrected chi connectivity index (χ4v) is 2.89. The van der Waals surface area contributed by atoms with Gasteiger partial charge >= 0.3 is 6.03 Å². The summed E-state index contributed by atoms with van der Waals surface area (Å²) in [7, 11) is 0. The van der Waals surface area contributed by atoms with Crippen LogP contribution >= 0.6 is 23.2 Å². The van der Waals surface area contributed by atoms with E-state index in [1.54, 1.807) is 29.3 Å². The number of urea groups is 1. The molecule has 6 nitrogen and oxygen atoms in total. The smallest absolute Gasteiger partial charge is 0.321 e. The van der Waals surface area contributed by atoms with Gasteiger partial charge in [-0.05, 0) is 36.8 Å². The van der Waals surface area contributed by atoms with E-state index in [1.807, 2.05) is 12.1 Å². The molecule has 1 aliphatic rings. The van der Waals surface area contributed by atoms with Crippen LogP contribution in [-0.4, -0.2) is 47.3 Å². The molecule has 1 aromatic heterocycles. The van der Waals surface area contributed by atoms with E-state index >= 15 is 0 Å². The lowest BCUT2D eigenvalue weighted by Crippen LogP contribution is -2.38. The second-order valence-electron chi connectivity index (χ2n) is 5.47.